The number of ether oxygens (including phenoxy) is 1. The van der Waals surface area contributed by atoms with Crippen molar-refractivity contribution in [2.24, 2.45) is 34.7 Å². The lowest BCUT2D eigenvalue weighted by molar-refractivity contribution is -0.166. The monoisotopic (exact) mass is 523 g/mol. The highest BCUT2D eigenvalue weighted by molar-refractivity contribution is 6.05. The summed E-state index contributed by atoms with van der Waals surface area (Å²) >= 11 is 0. The predicted octanol–water partition coefficient (Wildman–Crippen LogP) is 0.813. The van der Waals surface area contributed by atoms with Crippen LogP contribution in [0.5, 0.6) is 5.95 Å². The number of amides is 1. The zero-order valence-corrected chi connectivity index (χ0v) is 21.7. The van der Waals surface area contributed by atoms with Crippen LogP contribution in [0.3, 0.4) is 0 Å². The molecule has 38 heavy (non-hydrogen) atoms. The third-order valence-electron chi connectivity index (χ3n) is 9.56. The number of aliphatic hydroxyl groups is 2. The average molecular weight is 524 g/mol. The average Bonchev–Trinajstić information content (AvgIpc) is 3.46. The van der Waals surface area contributed by atoms with E-state index in [1.165, 1.54) is 0 Å². The Morgan fingerprint density at radius 1 is 1.32 bits per heavy atom. The van der Waals surface area contributed by atoms with Crippen LogP contribution in [0.2, 0.25) is 0 Å². The molecule has 1 spiro atoms. The van der Waals surface area contributed by atoms with Crippen molar-refractivity contribution >= 4 is 24.0 Å². The number of aliphatic hydroxyl groups excluding tert-OH is 2. The molecule has 4 aliphatic rings. The Balaban J connectivity index is 1.33. The zero-order valence-electron chi connectivity index (χ0n) is 21.7. The minimum absolute atomic E-state index is 0.0468. The Morgan fingerprint density at radius 3 is 2.79 bits per heavy atom. The molecular weight excluding hydrogens is 490 g/mol. The summed E-state index contributed by atoms with van der Waals surface area (Å²) < 4.78 is 13.2. The second-order valence-corrected chi connectivity index (χ2v) is 11.7. The Bertz CT molecular complexity index is 1490. The Kier molecular flexibility index (Phi) is 5.50. The third kappa shape index (κ3) is 3.59. The molecule has 2 aliphatic heterocycles. The van der Waals surface area contributed by atoms with Gasteiger partial charge < -0.3 is 29.0 Å². The van der Waals surface area contributed by atoms with Crippen LogP contribution >= 0.6 is 0 Å². The van der Waals surface area contributed by atoms with Gasteiger partial charge in [-0.25, -0.2) is 4.98 Å². The molecule has 2 saturated carbocycles. The van der Waals surface area contributed by atoms with E-state index in [1.807, 2.05) is 13.0 Å². The summed E-state index contributed by atoms with van der Waals surface area (Å²) in [5.74, 6) is -0.452. The van der Waals surface area contributed by atoms with Crippen molar-refractivity contribution in [3.63, 3.8) is 0 Å². The number of nitrogens with zero attached hydrogens (tertiary/aromatic N) is 3. The molecule has 11 heteroatoms. The summed E-state index contributed by atoms with van der Waals surface area (Å²) in [6.07, 6.45) is 8.21. The van der Waals surface area contributed by atoms with E-state index in [9.17, 15) is 20.1 Å². The van der Waals surface area contributed by atoms with Gasteiger partial charge in [0.1, 0.15) is 11.2 Å². The van der Waals surface area contributed by atoms with Crippen molar-refractivity contribution in [3.8, 4) is 5.95 Å². The van der Waals surface area contributed by atoms with E-state index in [0.29, 0.717) is 29.8 Å². The molecule has 6 atom stereocenters. The van der Waals surface area contributed by atoms with E-state index in [2.05, 4.69) is 28.3 Å². The summed E-state index contributed by atoms with van der Waals surface area (Å²) in [5.41, 5.74) is 0.291. The van der Waals surface area contributed by atoms with Gasteiger partial charge >= 0.3 is 0 Å². The van der Waals surface area contributed by atoms with Crippen LogP contribution in [0, 0.1) is 28.1 Å². The number of rotatable bonds is 4. The normalized spacial score (nSPS) is 36.8. The summed E-state index contributed by atoms with van der Waals surface area (Å²) in [6, 6.07) is 1.70. The highest BCUT2D eigenvalue weighted by Crippen LogP contribution is 2.65. The second kappa shape index (κ2) is 8.36. The number of imidazole rings is 1. The maximum atomic E-state index is 12.2. The van der Waals surface area contributed by atoms with Crippen LogP contribution in [0.1, 0.15) is 61.3 Å². The van der Waals surface area contributed by atoms with Crippen LogP contribution in [0.25, 0.3) is 12.2 Å². The molecule has 5 N–H and O–H groups in total. The van der Waals surface area contributed by atoms with Crippen molar-refractivity contribution < 1.29 is 29.3 Å². The van der Waals surface area contributed by atoms with Gasteiger partial charge in [0.05, 0.1) is 30.5 Å². The van der Waals surface area contributed by atoms with Crippen molar-refractivity contribution in [2.45, 2.75) is 51.2 Å². The van der Waals surface area contributed by atoms with Gasteiger partial charge in [0.2, 0.25) is 5.96 Å². The Labute approximate surface area is 219 Å². The second-order valence-electron chi connectivity index (χ2n) is 11.7. The molecule has 6 rings (SSSR count). The molecule has 1 saturated heterocycles. The number of carbonyl (C=O) groups is 1. The fraction of sp³-hybridized carbons (Fsp3) is 0.556. The molecule has 3 unspecified atom stereocenters. The quantitative estimate of drug-likeness (QED) is 0.369. The highest BCUT2D eigenvalue weighted by Gasteiger charge is 2.66. The minimum atomic E-state index is -0.571. The fourth-order valence-electron chi connectivity index (χ4n) is 7.29. The van der Waals surface area contributed by atoms with Crippen molar-refractivity contribution in [3.05, 3.63) is 40.1 Å². The first kappa shape index (κ1) is 25.0. The van der Waals surface area contributed by atoms with Gasteiger partial charge in [-0.15, -0.1) is 0 Å². The highest BCUT2D eigenvalue weighted by atomic mass is 16.6. The van der Waals surface area contributed by atoms with Crippen LogP contribution in [-0.2, 0) is 11.8 Å². The van der Waals surface area contributed by atoms with Crippen LogP contribution in [0.15, 0.2) is 21.6 Å². The molecule has 0 aromatic carbocycles. The van der Waals surface area contributed by atoms with Crippen molar-refractivity contribution in [2.75, 3.05) is 13.2 Å². The molecule has 2 aromatic rings. The van der Waals surface area contributed by atoms with Gasteiger partial charge in [-0.3, -0.25) is 15.5 Å². The van der Waals surface area contributed by atoms with Gasteiger partial charge in [0.15, 0.2) is 11.2 Å². The Hall–Kier alpha value is -3.28. The topological polar surface area (TPSA) is 169 Å². The first-order valence-corrected chi connectivity index (χ1v) is 13.0. The standard InChI is InChI=1S/C27H33N5O6/c1-25-8-7-18(34)26(2,12-33)16(25)6-9-27(13-37-27)17(25)5-4-14-10-15(38-23(14)36)11-19-29-20-21(32(19)3)30-24(28)31-22(20)35/h4-5,10-11,16-18,33-34,36H,6-9,12-13H2,1-3H3,(H2,28,31,35)/b5-4+,19-11?/t16?,17?,18-,25+,26+,27?/m1/s1. The number of hydrogen-bond acceptors (Lipinski definition) is 8. The predicted molar refractivity (Wildman–Crippen MR) is 136 cm³/mol. The third-order valence-corrected chi connectivity index (χ3v) is 9.56. The van der Waals surface area contributed by atoms with E-state index in [0.717, 1.165) is 19.3 Å². The number of carbonyl (C=O) groups excluding carboxylic acids is 1. The number of epoxide rings is 1. The molecular formula is C27H33N5O6. The first-order valence-electron chi connectivity index (χ1n) is 13.0. The van der Waals surface area contributed by atoms with E-state index >= 15 is 0 Å². The van der Waals surface area contributed by atoms with Crippen LogP contribution in [0.4, 0.5) is 0 Å². The fourth-order valence-corrected chi connectivity index (χ4v) is 7.29. The molecule has 2 aliphatic carbocycles. The van der Waals surface area contributed by atoms with Gasteiger partial charge in [-0.05, 0) is 43.1 Å². The SMILES string of the molecule is Cn1c(=Cc2cc(/C=C/C3C4(CCC5[C@]3(C)CC[C@@H](O)[C@@]5(C)CO)CO4)c(O)o2)nc2c1=NC(=N)NC2=O. The molecule has 0 radical (unpaired) electrons. The van der Waals surface area contributed by atoms with Gasteiger partial charge in [-0.2, -0.15) is 4.99 Å². The molecule has 1 amide bonds. The van der Waals surface area contributed by atoms with E-state index in [1.54, 1.807) is 23.8 Å². The first-order chi connectivity index (χ1) is 18.0. The summed E-state index contributed by atoms with van der Waals surface area (Å²) in [7, 11) is 1.69. The summed E-state index contributed by atoms with van der Waals surface area (Å²) in [6.45, 7) is 4.85. The lowest BCUT2D eigenvalue weighted by Gasteiger charge is -2.60. The molecule has 0 bridgehead atoms. The lowest BCUT2D eigenvalue weighted by Crippen LogP contribution is -2.60. The lowest BCUT2D eigenvalue weighted by atomic mass is 9.45. The molecule has 202 valence electrons. The largest absolute Gasteiger partial charge is 0.480 e. The van der Waals surface area contributed by atoms with Gasteiger partial charge in [0, 0.05) is 24.5 Å². The minimum Gasteiger partial charge on any atom is -0.480 e. The zero-order chi connectivity index (χ0) is 27.0. The van der Waals surface area contributed by atoms with E-state index in [4.69, 9.17) is 14.6 Å². The van der Waals surface area contributed by atoms with Gasteiger partial charge in [0.25, 0.3) is 11.9 Å². The number of aromatic nitrogens is 2. The number of hydrogen-bond donors (Lipinski definition) is 5. The Morgan fingerprint density at radius 2 is 2.08 bits per heavy atom. The van der Waals surface area contributed by atoms with E-state index < -0.39 is 17.4 Å². The number of fused-ring (bicyclic) bond motifs is 2. The van der Waals surface area contributed by atoms with Crippen LogP contribution in [-0.4, -0.2) is 61.7 Å². The maximum absolute atomic E-state index is 12.2. The molecule has 2 aromatic heterocycles. The molecule has 11 nitrogen and oxygen atoms in total. The number of guanidine groups is 1. The smallest absolute Gasteiger partial charge is 0.289 e. The van der Waals surface area contributed by atoms with E-state index in [-0.39, 0.29) is 52.5 Å². The maximum Gasteiger partial charge on any atom is 0.289 e. The van der Waals surface area contributed by atoms with Gasteiger partial charge in [-0.1, -0.05) is 26.0 Å². The number of aromatic hydroxyl groups is 1. The molecule has 3 fully saturated rings. The van der Waals surface area contributed by atoms with Crippen molar-refractivity contribution in [1.29, 1.82) is 5.41 Å². The summed E-state index contributed by atoms with van der Waals surface area (Å²) in [4.78, 5) is 20.5. The van der Waals surface area contributed by atoms with Crippen LogP contribution < -0.4 is 16.3 Å². The molecule has 4 heterocycles. The number of nitrogens with one attached hydrogen (secondary N) is 2. The summed E-state index contributed by atoms with van der Waals surface area (Å²) in [5, 5.41) is 41.6. The van der Waals surface area contributed by atoms with Crippen molar-refractivity contribution in [1.82, 2.24) is 14.9 Å². The number of furan rings is 1.